The second-order valence-electron chi connectivity index (χ2n) is 2.58. The van der Waals surface area contributed by atoms with Crippen LogP contribution in [0.1, 0.15) is 18.7 Å². The maximum Gasteiger partial charge on any atom is 0.226 e. The minimum absolute atomic E-state index is 0.390. The number of alkyl halides is 1. The van der Waals surface area contributed by atoms with Gasteiger partial charge >= 0.3 is 0 Å². The second kappa shape index (κ2) is 4.13. The van der Waals surface area contributed by atoms with Gasteiger partial charge in [-0.05, 0) is 19.1 Å². The highest BCUT2D eigenvalue weighted by Gasteiger charge is 2.15. The van der Waals surface area contributed by atoms with E-state index in [4.69, 9.17) is 16.0 Å². The number of rotatable bonds is 4. The Labute approximate surface area is 81.9 Å². The van der Waals surface area contributed by atoms with E-state index < -0.39 is 21.3 Å². The lowest BCUT2D eigenvalue weighted by molar-refractivity contribution is 0.460. The summed E-state index contributed by atoms with van der Waals surface area (Å²) in [6.45, 7) is 1.68. The van der Waals surface area contributed by atoms with Gasteiger partial charge in [-0.25, -0.2) is 13.1 Å². The molecule has 1 atom stereocenters. The molecule has 0 aliphatic rings. The molecular weight excluding hydrogens is 214 g/mol. The molecule has 0 fully saturated rings. The fourth-order valence-corrected chi connectivity index (χ4v) is 1.80. The van der Waals surface area contributed by atoms with Gasteiger partial charge in [-0.15, -0.1) is 11.6 Å². The molecule has 0 aliphatic carbocycles. The van der Waals surface area contributed by atoms with Gasteiger partial charge in [0, 0.05) is 0 Å². The number of halogens is 1. The van der Waals surface area contributed by atoms with Crippen LogP contribution in [0, 0.1) is 0 Å². The van der Waals surface area contributed by atoms with Crippen molar-refractivity contribution in [3.8, 4) is 0 Å². The van der Waals surface area contributed by atoms with E-state index in [9.17, 15) is 8.42 Å². The van der Waals surface area contributed by atoms with Crippen LogP contribution in [0.2, 0.25) is 0 Å². The number of furan rings is 1. The Balaban J connectivity index is 2.67. The molecule has 0 saturated carbocycles. The monoisotopic (exact) mass is 223 g/mol. The Kier molecular flexibility index (Phi) is 3.35. The molecule has 1 heterocycles. The van der Waals surface area contributed by atoms with Crippen molar-refractivity contribution in [3.05, 3.63) is 24.2 Å². The first-order chi connectivity index (χ1) is 6.05. The standard InChI is InChI=1S/C7H10ClNO3S/c1-6(7-3-2-4-12-7)9-13(10,11)5-8/h2-4,6,9H,5H2,1H3/t6-/m0/s1. The molecule has 1 rings (SSSR count). The number of hydrogen-bond acceptors (Lipinski definition) is 3. The van der Waals surface area contributed by atoms with Crippen molar-refractivity contribution in [1.82, 2.24) is 4.72 Å². The molecule has 0 unspecified atom stereocenters. The molecule has 74 valence electrons. The van der Waals surface area contributed by atoms with Gasteiger partial charge in [0.1, 0.15) is 11.0 Å². The highest BCUT2D eigenvalue weighted by Crippen LogP contribution is 2.13. The summed E-state index contributed by atoms with van der Waals surface area (Å²) in [4.78, 5) is 0. The molecule has 0 aliphatic heterocycles. The van der Waals surface area contributed by atoms with Crippen molar-refractivity contribution in [2.75, 3.05) is 5.21 Å². The van der Waals surface area contributed by atoms with Crippen LogP contribution in [0.15, 0.2) is 22.8 Å². The summed E-state index contributed by atoms with van der Waals surface area (Å²) in [5.74, 6) is 0.564. The first-order valence-corrected chi connectivity index (χ1v) is 5.83. The normalized spacial score (nSPS) is 14.3. The van der Waals surface area contributed by atoms with Crippen LogP contribution >= 0.6 is 11.6 Å². The third-order valence-electron chi connectivity index (χ3n) is 1.47. The first kappa shape index (κ1) is 10.6. The lowest BCUT2D eigenvalue weighted by Gasteiger charge is -2.09. The van der Waals surface area contributed by atoms with E-state index in [1.807, 2.05) is 0 Å². The highest BCUT2D eigenvalue weighted by molar-refractivity contribution is 7.90. The van der Waals surface area contributed by atoms with Crippen molar-refractivity contribution in [3.63, 3.8) is 0 Å². The zero-order valence-electron chi connectivity index (χ0n) is 7.03. The first-order valence-electron chi connectivity index (χ1n) is 3.64. The minimum atomic E-state index is -3.39. The summed E-state index contributed by atoms with van der Waals surface area (Å²) in [6.07, 6.45) is 1.49. The van der Waals surface area contributed by atoms with Crippen LogP contribution in [-0.2, 0) is 10.0 Å². The van der Waals surface area contributed by atoms with Crippen LogP contribution in [0.25, 0.3) is 0 Å². The Morgan fingerprint density at radius 2 is 2.38 bits per heavy atom. The van der Waals surface area contributed by atoms with Gasteiger partial charge in [-0.1, -0.05) is 0 Å². The molecule has 1 aromatic rings. The van der Waals surface area contributed by atoms with E-state index in [2.05, 4.69) is 4.72 Å². The maximum atomic E-state index is 11.0. The Hall–Kier alpha value is -0.520. The van der Waals surface area contributed by atoms with Crippen molar-refractivity contribution < 1.29 is 12.8 Å². The average Bonchev–Trinajstić information content (AvgIpc) is 2.55. The molecule has 0 radical (unpaired) electrons. The zero-order valence-corrected chi connectivity index (χ0v) is 8.60. The molecule has 0 aromatic carbocycles. The fourth-order valence-electron chi connectivity index (χ4n) is 0.897. The fraction of sp³-hybridized carbons (Fsp3) is 0.429. The van der Waals surface area contributed by atoms with E-state index in [0.717, 1.165) is 0 Å². The van der Waals surface area contributed by atoms with E-state index in [0.29, 0.717) is 5.76 Å². The summed E-state index contributed by atoms with van der Waals surface area (Å²) in [7, 11) is -3.39. The van der Waals surface area contributed by atoms with Gasteiger partial charge in [0.05, 0.1) is 12.3 Å². The van der Waals surface area contributed by atoms with Gasteiger partial charge in [-0.2, -0.15) is 0 Å². The average molecular weight is 224 g/mol. The van der Waals surface area contributed by atoms with Crippen molar-refractivity contribution in [2.24, 2.45) is 0 Å². The lowest BCUT2D eigenvalue weighted by atomic mass is 10.3. The number of hydrogen-bond donors (Lipinski definition) is 1. The van der Waals surface area contributed by atoms with Crippen LogP contribution < -0.4 is 4.72 Å². The molecule has 1 aromatic heterocycles. The smallest absolute Gasteiger partial charge is 0.226 e. The van der Waals surface area contributed by atoms with Crippen LogP contribution in [0.3, 0.4) is 0 Å². The third-order valence-corrected chi connectivity index (χ3v) is 3.33. The molecule has 0 saturated heterocycles. The maximum absolute atomic E-state index is 11.0. The predicted molar refractivity (Wildman–Crippen MR) is 49.9 cm³/mol. The summed E-state index contributed by atoms with van der Waals surface area (Å²) in [5.41, 5.74) is 0. The summed E-state index contributed by atoms with van der Waals surface area (Å²) in [5, 5.41) is -0.446. The Bertz CT molecular complexity index is 346. The van der Waals surface area contributed by atoms with E-state index in [-0.39, 0.29) is 0 Å². The number of nitrogens with one attached hydrogen (secondary N) is 1. The molecule has 6 heteroatoms. The molecular formula is C7H10ClNO3S. The molecule has 4 nitrogen and oxygen atoms in total. The molecule has 0 bridgehead atoms. The van der Waals surface area contributed by atoms with Gasteiger partial charge in [0.25, 0.3) is 0 Å². The van der Waals surface area contributed by atoms with Gasteiger partial charge in [0.2, 0.25) is 10.0 Å². The third kappa shape index (κ3) is 3.02. The van der Waals surface area contributed by atoms with E-state index in [1.54, 1.807) is 19.1 Å². The van der Waals surface area contributed by atoms with Crippen molar-refractivity contribution in [1.29, 1.82) is 0 Å². The summed E-state index contributed by atoms with van der Waals surface area (Å²) in [6, 6.07) is 3.00. The number of sulfonamides is 1. The van der Waals surface area contributed by atoms with Crippen molar-refractivity contribution in [2.45, 2.75) is 13.0 Å². The highest BCUT2D eigenvalue weighted by atomic mass is 35.5. The van der Waals surface area contributed by atoms with Gasteiger partial charge in [0.15, 0.2) is 0 Å². The van der Waals surface area contributed by atoms with Crippen molar-refractivity contribution >= 4 is 21.6 Å². The van der Waals surface area contributed by atoms with E-state index in [1.165, 1.54) is 6.26 Å². The SMILES string of the molecule is C[C@H](NS(=O)(=O)CCl)c1ccco1. The zero-order chi connectivity index (χ0) is 9.90. The minimum Gasteiger partial charge on any atom is -0.468 e. The quantitative estimate of drug-likeness (QED) is 0.787. The lowest BCUT2D eigenvalue weighted by Crippen LogP contribution is -2.27. The summed E-state index contributed by atoms with van der Waals surface area (Å²) >= 11 is 5.22. The summed E-state index contributed by atoms with van der Waals surface area (Å²) < 4.78 is 29.4. The Morgan fingerprint density at radius 3 is 2.85 bits per heavy atom. The Morgan fingerprint density at radius 1 is 1.69 bits per heavy atom. The van der Waals surface area contributed by atoms with Gasteiger partial charge < -0.3 is 4.42 Å². The topological polar surface area (TPSA) is 59.3 Å². The molecule has 0 amide bonds. The molecule has 1 N–H and O–H groups in total. The molecule has 0 spiro atoms. The largest absolute Gasteiger partial charge is 0.468 e. The molecule has 13 heavy (non-hydrogen) atoms. The van der Waals surface area contributed by atoms with Crippen LogP contribution in [0.5, 0.6) is 0 Å². The van der Waals surface area contributed by atoms with Gasteiger partial charge in [-0.3, -0.25) is 0 Å². The van der Waals surface area contributed by atoms with Crippen LogP contribution in [0.4, 0.5) is 0 Å². The van der Waals surface area contributed by atoms with Crippen LogP contribution in [-0.4, -0.2) is 13.6 Å². The van der Waals surface area contributed by atoms with E-state index >= 15 is 0 Å². The second-order valence-corrected chi connectivity index (χ2v) is 4.92. The predicted octanol–water partition coefficient (Wildman–Crippen LogP) is 1.46.